The third-order valence-corrected chi connectivity index (χ3v) is 5.27. The molecule has 20 heavy (non-hydrogen) atoms. The highest BCUT2D eigenvalue weighted by molar-refractivity contribution is 5.69. The van der Waals surface area contributed by atoms with Crippen LogP contribution in [0.25, 0.3) is 0 Å². The summed E-state index contributed by atoms with van der Waals surface area (Å²) in [5.74, 6) is 1.77. The van der Waals surface area contributed by atoms with Gasteiger partial charge in [0.1, 0.15) is 0 Å². The number of carbonyl (C=O) groups excluding carboxylic acids is 1. The minimum atomic E-state index is -0.0840. The van der Waals surface area contributed by atoms with Crippen LogP contribution in [0.3, 0.4) is 0 Å². The molecule has 2 fully saturated rings. The zero-order valence-corrected chi connectivity index (χ0v) is 13.0. The Morgan fingerprint density at radius 1 is 1.05 bits per heavy atom. The molecule has 0 aromatic rings. The lowest BCUT2D eigenvalue weighted by Gasteiger charge is -2.39. The van der Waals surface area contributed by atoms with Crippen LogP contribution in [0.2, 0.25) is 0 Å². The molecular formula is C17H31NO2. The Kier molecular flexibility index (Phi) is 6.85. The highest BCUT2D eigenvalue weighted by atomic mass is 16.5. The van der Waals surface area contributed by atoms with Gasteiger partial charge in [-0.15, -0.1) is 0 Å². The number of ether oxygens (including phenoxy) is 1. The van der Waals surface area contributed by atoms with Crippen molar-refractivity contribution in [1.82, 2.24) is 5.32 Å². The predicted octanol–water partition coefficient (Wildman–Crippen LogP) is 3.67. The Balaban J connectivity index is 1.73. The van der Waals surface area contributed by atoms with Crippen molar-refractivity contribution < 1.29 is 9.53 Å². The van der Waals surface area contributed by atoms with E-state index < -0.39 is 0 Å². The largest absolute Gasteiger partial charge is 0.469 e. The van der Waals surface area contributed by atoms with Gasteiger partial charge in [-0.2, -0.15) is 0 Å². The minimum absolute atomic E-state index is 0.0840. The average Bonchev–Trinajstić information content (AvgIpc) is 2.52. The maximum atomic E-state index is 11.1. The first-order valence-corrected chi connectivity index (χ1v) is 8.61. The van der Waals surface area contributed by atoms with Crippen LogP contribution < -0.4 is 5.32 Å². The molecule has 0 spiro atoms. The summed E-state index contributed by atoms with van der Waals surface area (Å²) in [6.07, 6.45) is 14.2. The third-order valence-electron chi connectivity index (χ3n) is 5.27. The SMILES string of the molecule is COC(=O)CCCNC1CCCCC1C1CCCCC1. The van der Waals surface area contributed by atoms with E-state index in [0.717, 1.165) is 24.8 Å². The van der Waals surface area contributed by atoms with Crippen LogP contribution in [0.4, 0.5) is 0 Å². The van der Waals surface area contributed by atoms with Crippen LogP contribution in [-0.2, 0) is 9.53 Å². The first-order chi connectivity index (χ1) is 9.81. The number of rotatable bonds is 6. The molecule has 0 saturated heterocycles. The molecule has 2 unspecified atom stereocenters. The second-order valence-electron chi connectivity index (χ2n) is 6.59. The van der Waals surface area contributed by atoms with Crippen molar-refractivity contribution in [2.75, 3.05) is 13.7 Å². The van der Waals surface area contributed by atoms with E-state index in [1.54, 1.807) is 0 Å². The summed E-state index contributed by atoms with van der Waals surface area (Å²) < 4.78 is 4.69. The average molecular weight is 281 g/mol. The van der Waals surface area contributed by atoms with Gasteiger partial charge in [0.2, 0.25) is 0 Å². The van der Waals surface area contributed by atoms with Gasteiger partial charge in [-0.3, -0.25) is 4.79 Å². The summed E-state index contributed by atoms with van der Waals surface area (Å²) in [7, 11) is 1.47. The molecule has 3 nitrogen and oxygen atoms in total. The van der Waals surface area contributed by atoms with Crippen LogP contribution in [-0.4, -0.2) is 25.7 Å². The first kappa shape index (κ1) is 15.8. The van der Waals surface area contributed by atoms with Crippen LogP contribution in [0.5, 0.6) is 0 Å². The Labute approximate surface area is 123 Å². The van der Waals surface area contributed by atoms with Gasteiger partial charge < -0.3 is 10.1 Å². The molecule has 2 atom stereocenters. The summed E-state index contributed by atoms with van der Waals surface area (Å²) in [4.78, 5) is 11.1. The van der Waals surface area contributed by atoms with E-state index in [0.29, 0.717) is 12.5 Å². The lowest BCUT2D eigenvalue weighted by Crippen LogP contribution is -2.42. The number of esters is 1. The molecular weight excluding hydrogens is 250 g/mol. The van der Waals surface area contributed by atoms with E-state index in [1.807, 2.05) is 0 Å². The van der Waals surface area contributed by atoms with Gasteiger partial charge in [0.05, 0.1) is 7.11 Å². The Hall–Kier alpha value is -0.570. The summed E-state index contributed by atoms with van der Waals surface area (Å²) in [6.45, 7) is 0.961. The molecule has 2 saturated carbocycles. The Bertz CT molecular complexity index is 287. The fourth-order valence-electron chi connectivity index (χ4n) is 4.16. The number of hydrogen-bond donors (Lipinski definition) is 1. The van der Waals surface area contributed by atoms with Gasteiger partial charge in [0.25, 0.3) is 0 Å². The van der Waals surface area contributed by atoms with Gasteiger partial charge >= 0.3 is 5.97 Å². The number of carbonyl (C=O) groups is 1. The molecule has 0 radical (unpaired) electrons. The predicted molar refractivity (Wildman–Crippen MR) is 81.6 cm³/mol. The standard InChI is InChI=1S/C17H31NO2/c1-20-17(19)12-7-13-18-16-11-6-5-10-15(16)14-8-3-2-4-9-14/h14-16,18H,2-13H2,1H3. The van der Waals surface area contributed by atoms with E-state index >= 15 is 0 Å². The van der Waals surface area contributed by atoms with E-state index in [2.05, 4.69) is 5.32 Å². The second-order valence-corrected chi connectivity index (χ2v) is 6.59. The lowest BCUT2D eigenvalue weighted by molar-refractivity contribution is -0.140. The molecule has 2 aliphatic carbocycles. The van der Waals surface area contributed by atoms with Crippen molar-refractivity contribution in [1.29, 1.82) is 0 Å². The van der Waals surface area contributed by atoms with Crippen molar-refractivity contribution in [2.45, 2.75) is 76.7 Å². The van der Waals surface area contributed by atoms with Crippen LogP contribution in [0.15, 0.2) is 0 Å². The van der Waals surface area contributed by atoms with Gasteiger partial charge in [-0.05, 0) is 37.6 Å². The normalized spacial score (nSPS) is 28.2. The molecule has 0 heterocycles. The van der Waals surface area contributed by atoms with Gasteiger partial charge in [0.15, 0.2) is 0 Å². The van der Waals surface area contributed by atoms with Crippen LogP contribution in [0, 0.1) is 11.8 Å². The number of hydrogen-bond acceptors (Lipinski definition) is 3. The highest BCUT2D eigenvalue weighted by Crippen LogP contribution is 2.38. The summed E-state index contributed by atoms with van der Waals surface area (Å²) in [5, 5.41) is 3.74. The maximum Gasteiger partial charge on any atom is 0.305 e. The minimum Gasteiger partial charge on any atom is -0.469 e. The van der Waals surface area contributed by atoms with E-state index in [4.69, 9.17) is 4.74 Å². The molecule has 0 amide bonds. The van der Waals surface area contributed by atoms with Crippen molar-refractivity contribution in [3.05, 3.63) is 0 Å². The summed E-state index contributed by atoms with van der Waals surface area (Å²) in [5.41, 5.74) is 0. The first-order valence-electron chi connectivity index (χ1n) is 8.61. The summed E-state index contributed by atoms with van der Waals surface area (Å²) in [6, 6.07) is 0.699. The molecule has 0 aliphatic heterocycles. The lowest BCUT2D eigenvalue weighted by atomic mass is 9.71. The smallest absolute Gasteiger partial charge is 0.305 e. The van der Waals surface area contributed by atoms with E-state index in [9.17, 15) is 4.79 Å². The fraction of sp³-hybridized carbons (Fsp3) is 0.941. The van der Waals surface area contributed by atoms with Gasteiger partial charge in [-0.25, -0.2) is 0 Å². The topological polar surface area (TPSA) is 38.3 Å². The van der Waals surface area contributed by atoms with Crippen molar-refractivity contribution in [3.8, 4) is 0 Å². The third kappa shape index (κ3) is 4.76. The quantitative estimate of drug-likeness (QED) is 0.596. The van der Waals surface area contributed by atoms with Crippen LogP contribution >= 0.6 is 0 Å². The molecule has 116 valence electrons. The molecule has 0 bridgehead atoms. The molecule has 2 aliphatic rings. The Morgan fingerprint density at radius 3 is 2.50 bits per heavy atom. The van der Waals surface area contributed by atoms with E-state index in [1.165, 1.54) is 64.9 Å². The molecule has 0 aromatic carbocycles. The van der Waals surface area contributed by atoms with Crippen molar-refractivity contribution >= 4 is 5.97 Å². The zero-order chi connectivity index (χ0) is 14.2. The van der Waals surface area contributed by atoms with Crippen molar-refractivity contribution in [2.24, 2.45) is 11.8 Å². The second kappa shape index (κ2) is 8.66. The maximum absolute atomic E-state index is 11.1. The fourth-order valence-corrected chi connectivity index (χ4v) is 4.16. The number of nitrogens with one attached hydrogen (secondary N) is 1. The monoisotopic (exact) mass is 281 g/mol. The van der Waals surface area contributed by atoms with Gasteiger partial charge in [-0.1, -0.05) is 44.9 Å². The van der Waals surface area contributed by atoms with E-state index in [-0.39, 0.29) is 5.97 Å². The molecule has 1 N–H and O–H groups in total. The molecule has 2 rings (SSSR count). The molecule has 0 aromatic heterocycles. The number of methoxy groups -OCH3 is 1. The summed E-state index contributed by atoms with van der Waals surface area (Å²) >= 11 is 0. The van der Waals surface area contributed by atoms with Crippen molar-refractivity contribution in [3.63, 3.8) is 0 Å². The van der Waals surface area contributed by atoms with Crippen LogP contribution in [0.1, 0.15) is 70.6 Å². The Morgan fingerprint density at radius 2 is 1.75 bits per heavy atom. The highest BCUT2D eigenvalue weighted by Gasteiger charge is 2.31. The molecule has 3 heteroatoms. The zero-order valence-electron chi connectivity index (χ0n) is 13.0. The van der Waals surface area contributed by atoms with Gasteiger partial charge in [0, 0.05) is 12.5 Å².